The molecule has 0 unspecified atom stereocenters. The van der Waals surface area contributed by atoms with Crippen LogP contribution in [0.3, 0.4) is 0 Å². The number of imidazole rings is 1. The Balaban J connectivity index is 1.70. The van der Waals surface area contributed by atoms with E-state index in [1.54, 1.807) is 26.4 Å². The molecule has 9 heteroatoms. The molecule has 1 aliphatic rings. The molecule has 138 valence electrons. The van der Waals surface area contributed by atoms with Gasteiger partial charge >= 0.3 is 0 Å². The molecule has 3 rings (SSSR count). The van der Waals surface area contributed by atoms with Crippen LogP contribution in [0.4, 0.5) is 0 Å². The van der Waals surface area contributed by atoms with Gasteiger partial charge in [-0.3, -0.25) is 9.59 Å². The van der Waals surface area contributed by atoms with Gasteiger partial charge < -0.3 is 9.88 Å². The summed E-state index contributed by atoms with van der Waals surface area (Å²) >= 11 is 0. The third kappa shape index (κ3) is 3.22. The first-order chi connectivity index (χ1) is 12.3. The highest BCUT2D eigenvalue weighted by molar-refractivity contribution is 7.90. The SMILES string of the molecule is CC(C)N1C(=O)c2ccc(C(=O)NCCCn3ccnc3)cc2S1(=O)=O. The summed E-state index contributed by atoms with van der Waals surface area (Å²) < 4.78 is 27.9. The van der Waals surface area contributed by atoms with Crippen molar-refractivity contribution in [2.45, 2.75) is 37.8 Å². The van der Waals surface area contributed by atoms with Crippen molar-refractivity contribution in [1.82, 2.24) is 19.2 Å². The quantitative estimate of drug-likeness (QED) is 0.765. The van der Waals surface area contributed by atoms with E-state index in [-0.39, 0.29) is 21.9 Å². The van der Waals surface area contributed by atoms with Crippen LogP contribution in [-0.2, 0) is 16.6 Å². The van der Waals surface area contributed by atoms with E-state index in [1.807, 2.05) is 10.8 Å². The second kappa shape index (κ2) is 6.91. The first-order valence-electron chi connectivity index (χ1n) is 8.29. The van der Waals surface area contributed by atoms with Crippen LogP contribution in [0.5, 0.6) is 0 Å². The minimum atomic E-state index is -3.91. The van der Waals surface area contributed by atoms with Gasteiger partial charge in [-0.2, -0.15) is 0 Å². The third-order valence-electron chi connectivity index (χ3n) is 4.12. The van der Waals surface area contributed by atoms with E-state index in [4.69, 9.17) is 0 Å². The molecule has 2 aromatic rings. The number of amides is 2. The second-order valence-electron chi connectivity index (χ2n) is 6.32. The molecule has 0 atom stereocenters. The molecule has 1 aromatic carbocycles. The Kier molecular flexibility index (Phi) is 4.82. The van der Waals surface area contributed by atoms with Gasteiger partial charge in [0.25, 0.3) is 21.8 Å². The number of carbonyl (C=O) groups is 2. The molecule has 1 N–H and O–H groups in total. The van der Waals surface area contributed by atoms with Crippen molar-refractivity contribution in [3.63, 3.8) is 0 Å². The summed E-state index contributed by atoms with van der Waals surface area (Å²) in [5.74, 6) is -0.925. The minimum absolute atomic E-state index is 0.107. The number of hydrogen-bond acceptors (Lipinski definition) is 5. The molecule has 0 aliphatic carbocycles. The van der Waals surface area contributed by atoms with Gasteiger partial charge in [0.15, 0.2) is 0 Å². The van der Waals surface area contributed by atoms with Gasteiger partial charge in [-0.1, -0.05) is 0 Å². The number of rotatable bonds is 6. The van der Waals surface area contributed by atoms with Crippen molar-refractivity contribution in [3.8, 4) is 0 Å². The fourth-order valence-electron chi connectivity index (χ4n) is 2.88. The number of nitrogens with zero attached hydrogens (tertiary/aromatic N) is 3. The van der Waals surface area contributed by atoms with E-state index in [0.717, 1.165) is 10.8 Å². The Labute approximate surface area is 151 Å². The van der Waals surface area contributed by atoms with Gasteiger partial charge in [-0.15, -0.1) is 0 Å². The van der Waals surface area contributed by atoms with Crippen molar-refractivity contribution >= 4 is 21.8 Å². The van der Waals surface area contributed by atoms with Gasteiger partial charge in [0.1, 0.15) is 4.90 Å². The number of benzene rings is 1. The second-order valence-corrected chi connectivity index (χ2v) is 8.10. The monoisotopic (exact) mass is 376 g/mol. The van der Waals surface area contributed by atoms with Crippen molar-refractivity contribution in [1.29, 1.82) is 0 Å². The predicted molar refractivity (Wildman–Crippen MR) is 94.1 cm³/mol. The number of hydrogen-bond donors (Lipinski definition) is 1. The summed E-state index contributed by atoms with van der Waals surface area (Å²) in [5.41, 5.74) is 0.323. The number of nitrogens with one attached hydrogen (secondary N) is 1. The highest BCUT2D eigenvalue weighted by Gasteiger charge is 2.42. The number of aryl methyl sites for hydroxylation is 1. The highest BCUT2D eigenvalue weighted by atomic mass is 32.2. The fourth-order valence-corrected chi connectivity index (χ4v) is 4.68. The Morgan fingerprint density at radius 2 is 2.08 bits per heavy atom. The van der Waals surface area contributed by atoms with E-state index in [9.17, 15) is 18.0 Å². The van der Waals surface area contributed by atoms with Gasteiger partial charge in [0.05, 0.1) is 11.9 Å². The zero-order valence-corrected chi connectivity index (χ0v) is 15.4. The van der Waals surface area contributed by atoms with Gasteiger partial charge in [0, 0.05) is 37.1 Å². The van der Waals surface area contributed by atoms with E-state index < -0.39 is 22.0 Å². The summed E-state index contributed by atoms with van der Waals surface area (Å²) in [5, 5.41) is 2.76. The molecule has 0 spiro atoms. The molecular weight excluding hydrogens is 356 g/mol. The molecule has 0 radical (unpaired) electrons. The molecule has 26 heavy (non-hydrogen) atoms. The van der Waals surface area contributed by atoms with Crippen molar-refractivity contribution < 1.29 is 18.0 Å². The van der Waals surface area contributed by atoms with Crippen molar-refractivity contribution in [3.05, 3.63) is 48.0 Å². The van der Waals surface area contributed by atoms with Crippen LogP contribution in [0.1, 0.15) is 41.0 Å². The molecule has 2 amide bonds. The van der Waals surface area contributed by atoms with Crippen molar-refractivity contribution in [2.75, 3.05) is 6.54 Å². The number of carbonyl (C=O) groups excluding carboxylic acids is 2. The van der Waals surface area contributed by atoms with Crippen LogP contribution < -0.4 is 5.32 Å². The molecule has 0 fully saturated rings. The van der Waals surface area contributed by atoms with Crippen LogP contribution in [-0.4, -0.2) is 46.7 Å². The Bertz CT molecular complexity index is 936. The van der Waals surface area contributed by atoms with Crippen LogP contribution >= 0.6 is 0 Å². The summed E-state index contributed by atoms with van der Waals surface area (Å²) in [6.07, 6.45) is 5.94. The van der Waals surface area contributed by atoms with Gasteiger partial charge in [-0.25, -0.2) is 17.7 Å². The third-order valence-corrected chi connectivity index (χ3v) is 6.12. The molecule has 2 heterocycles. The van der Waals surface area contributed by atoms with Gasteiger partial charge in [0.2, 0.25) is 0 Å². The normalized spacial score (nSPS) is 15.3. The van der Waals surface area contributed by atoms with Gasteiger partial charge in [-0.05, 0) is 38.5 Å². The minimum Gasteiger partial charge on any atom is -0.352 e. The van der Waals surface area contributed by atoms with Crippen LogP contribution in [0.15, 0.2) is 41.8 Å². The van der Waals surface area contributed by atoms with E-state index in [0.29, 0.717) is 13.0 Å². The summed E-state index contributed by atoms with van der Waals surface area (Å²) in [7, 11) is -3.91. The molecule has 0 saturated carbocycles. The first kappa shape index (κ1) is 18.1. The molecule has 0 bridgehead atoms. The van der Waals surface area contributed by atoms with E-state index >= 15 is 0 Å². The Hall–Kier alpha value is -2.68. The maximum atomic E-state index is 12.6. The first-order valence-corrected chi connectivity index (χ1v) is 9.73. The number of aromatic nitrogens is 2. The lowest BCUT2D eigenvalue weighted by Gasteiger charge is -2.18. The van der Waals surface area contributed by atoms with Crippen molar-refractivity contribution in [2.24, 2.45) is 0 Å². The fraction of sp³-hybridized carbons (Fsp3) is 0.353. The summed E-state index contributed by atoms with van der Waals surface area (Å²) in [4.78, 5) is 28.4. The lowest BCUT2D eigenvalue weighted by Crippen LogP contribution is -2.36. The summed E-state index contributed by atoms with van der Waals surface area (Å²) in [6, 6.07) is 3.66. The lowest BCUT2D eigenvalue weighted by atomic mass is 10.1. The zero-order valence-electron chi connectivity index (χ0n) is 14.5. The molecule has 1 aromatic heterocycles. The van der Waals surface area contributed by atoms with E-state index in [1.165, 1.54) is 18.2 Å². The Morgan fingerprint density at radius 3 is 2.73 bits per heavy atom. The Morgan fingerprint density at radius 1 is 1.31 bits per heavy atom. The number of fused-ring (bicyclic) bond motifs is 1. The average Bonchev–Trinajstić information content (AvgIpc) is 3.16. The van der Waals surface area contributed by atoms with Crippen LogP contribution in [0.2, 0.25) is 0 Å². The smallest absolute Gasteiger partial charge is 0.269 e. The maximum absolute atomic E-state index is 12.6. The average molecular weight is 376 g/mol. The molecular formula is C17H20N4O4S. The van der Waals surface area contributed by atoms with Crippen LogP contribution in [0, 0.1) is 0 Å². The summed E-state index contributed by atoms with van der Waals surface area (Å²) in [6.45, 7) is 4.43. The number of sulfonamides is 1. The van der Waals surface area contributed by atoms with E-state index in [2.05, 4.69) is 10.3 Å². The topological polar surface area (TPSA) is 101 Å². The predicted octanol–water partition coefficient (Wildman–Crippen LogP) is 1.26. The lowest BCUT2D eigenvalue weighted by molar-refractivity contribution is 0.0845. The zero-order chi connectivity index (χ0) is 18.9. The largest absolute Gasteiger partial charge is 0.352 e. The maximum Gasteiger partial charge on any atom is 0.269 e. The molecule has 0 saturated heterocycles. The highest BCUT2D eigenvalue weighted by Crippen LogP contribution is 2.32. The van der Waals surface area contributed by atoms with Crippen LogP contribution in [0.25, 0.3) is 0 Å². The standard InChI is InChI=1S/C17H20N4O4S/c1-12(2)21-17(23)14-5-4-13(10-15(14)26(21,24)25)16(22)19-6-3-8-20-9-7-18-11-20/h4-5,7,9-12H,3,6,8H2,1-2H3,(H,19,22). The molecule has 1 aliphatic heterocycles. The molecule has 8 nitrogen and oxygen atoms in total.